The van der Waals surface area contributed by atoms with Crippen molar-refractivity contribution in [3.05, 3.63) is 30.3 Å². The van der Waals surface area contributed by atoms with Gasteiger partial charge in [0, 0.05) is 24.8 Å². The summed E-state index contributed by atoms with van der Waals surface area (Å²) in [5, 5.41) is 2.95. The molecule has 1 aliphatic carbocycles. The number of benzene rings is 1. The number of hydrogen-bond acceptors (Lipinski definition) is 3. The lowest BCUT2D eigenvalue weighted by Gasteiger charge is -2.29. The van der Waals surface area contributed by atoms with Gasteiger partial charge in [-0.2, -0.15) is 0 Å². The molecular formula is C16H23N3O. The maximum Gasteiger partial charge on any atom is 0.238 e. The van der Waals surface area contributed by atoms with Crippen molar-refractivity contribution in [1.29, 1.82) is 0 Å². The molecule has 1 saturated carbocycles. The van der Waals surface area contributed by atoms with Gasteiger partial charge in [0.15, 0.2) is 0 Å². The van der Waals surface area contributed by atoms with E-state index in [-0.39, 0.29) is 5.91 Å². The molecule has 1 amide bonds. The molecule has 3 unspecified atom stereocenters. The van der Waals surface area contributed by atoms with Crippen molar-refractivity contribution < 1.29 is 4.79 Å². The number of carbonyl (C=O) groups excluding carboxylic acids is 1. The predicted octanol–water partition coefficient (Wildman–Crippen LogP) is 1.68. The quantitative estimate of drug-likeness (QED) is 0.881. The van der Waals surface area contributed by atoms with Gasteiger partial charge in [-0.3, -0.25) is 9.69 Å². The minimum atomic E-state index is 0.0726. The highest BCUT2D eigenvalue weighted by atomic mass is 16.2. The van der Waals surface area contributed by atoms with E-state index in [0.29, 0.717) is 24.4 Å². The first-order valence-electron chi connectivity index (χ1n) is 7.55. The van der Waals surface area contributed by atoms with Crippen LogP contribution in [0.2, 0.25) is 0 Å². The molecule has 1 heterocycles. The van der Waals surface area contributed by atoms with Crippen LogP contribution in [-0.4, -0.2) is 36.5 Å². The molecule has 0 spiro atoms. The van der Waals surface area contributed by atoms with E-state index in [4.69, 9.17) is 5.73 Å². The molecule has 0 bridgehead atoms. The van der Waals surface area contributed by atoms with Crippen LogP contribution in [0.3, 0.4) is 0 Å². The first-order chi connectivity index (χ1) is 9.72. The van der Waals surface area contributed by atoms with Crippen molar-refractivity contribution in [2.75, 3.05) is 25.0 Å². The number of para-hydroxylation sites is 1. The normalized spacial score (nSPS) is 29.9. The molecule has 3 rings (SSSR count). The summed E-state index contributed by atoms with van der Waals surface area (Å²) >= 11 is 0. The lowest BCUT2D eigenvalue weighted by molar-refractivity contribution is -0.117. The average Bonchev–Trinajstić information content (AvgIpc) is 2.83. The highest BCUT2D eigenvalue weighted by Gasteiger charge is 2.38. The zero-order valence-electron chi connectivity index (χ0n) is 11.8. The van der Waals surface area contributed by atoms with Gasteiger partial charge in [0.05, 0.1) is 6.54 Å². The van der Waals surface area contributed by atoms with Gasteiger partial charge in [-0.1, -0.05) is 24.6 Å². The first-order valence-corrected chi connectivity index (χ1v) is 7.55. The van der Waals surface area contributed by atoms with Crippen molar-refractivity contribution in [2.45, 2.75) is 25.3 Å². The van der Waals surface area contributed by atoms with E-state index in [0.717, 1.165) is 25.2 Å². The van der Waals surface area contributed by atoms with Crippen molar-refractivity contribution in [2.24, 2.45) is 17.6 Å². The van der Waals surface area contributed by atoms with Crippen LogP contribution in [0.25, 0.3) is 0 Å². The Hall–Kier alpha value is -1.39. The average molecular weight is 273 g/mol. The fourth-order valence-electron chi connectivity index (χ4n) is 3.66. The van der Waals surface area contributed by atoms with Crippen LogP contribution in [0.5, 0.6) is 0 Å². The van der Waals surface area contributed by atoms with E-state index >= 15 is 0 Å². The Balaban J connectivity index is 1.53. The van der Waals surface area contributed by atoms with Crippen LogP contribution in [-0.2, 0) is 4.79 Å². The molecular weight excluding hydrogens is 250 g/mol. The standard InChI is InChI=1S/C16H23N3O/c17-15-8-4-5-12-9-19(10-14(12)15)11-16(20)18-13-6-2-1-3-7-13/h1-3,6-7,12,14-15H,4-5,8-11,17H2,(H,18,20). The monoisotopic (exact) mass is 273 g/mol. The molecule has 108 valence electrons. The molecule has 0 aromatic heterocycles. The molecule has 2 fully saturated rings. The summed E-state index contributed by atoms with van der Waals surface area (Å²) in [4.78, 5) is 14.3. The molecule has 0 radical (unpaired) electrons. The molecule has 2 aliphatic rings. The van der Waals surface area contributed by atoms with E-state index in [1.807, 2.05) is 30.3 Å². The Kier molecular flexibility index (Phi) is 4.03. The second-order valence-corrected chi connectivity index (χ2v) is 6.13. The lowest BCUT2D eigenvalue weighted by atomic mass is 9.78. The number of nitrogens with two attached hydrogens (primary N) is 1. The summed E-state index contributed by atoms with van der Waals surface area (Å²) in [5.74, 6) is 1.36. The fraction of sp³-hybridized carbons (Fsp3) is 0.562. The first kappa shape index (κ1) is 13.6. The second-order valence-electron chi connectivity index (χ2n) is 6.13. The number of anilines is 1. The van der Waals surface area contributed by atoms with Gasteiger partial charge in [0.25, 0.3) is 0 Å². The largest absolute Gasteiger partial charge is 0.327 e. The number of carbonyl (C=O) groups is 1. The van der Waals surface area contributed by atoms with Crippen molar-refractivity contribution >= 4 is 11.6 Å². The second kappa shape index (κ2) is 5.94. The number of nitrogens with one attached hydrogen (secondary N) is 1. The van der Waals surface area contributed by atoms with Gasteiger partial charge in [-0.25, -0.2) is 0 Å². The summed E-state index contributed by atoms with van der Waals surface area (Å²) in [7, 11) is 0. The molecule has 3 N–H and O–H groups in total. The molecule has 4 heteroatoms. The van der Waals surface area contributed by atoms with Gasteiger partial charge in [-0.05, 0) is 36.8 Å². The molecule has 1 aromatic rings. The maximum atomic E-state index is 12.1. The minimum Gasteiger partial charge on any atom is -0.327 e. The molecule has 20 heavy (non-hydrogen) atoms. The Bertz CT molecular complexity index is 462. The molecule has 1 aromatic carbocycles. The third-order valence-corrected chi connectivity index (χ3v) is 4.65. The van der Waals surface area contributed by atoms with E-state index in [9.17, 15) is 4.79 Å². The minimum absolute atomic E-state index is 0.0726. The SMILES string of the molecule is NC1CCCC2CN(CC(=O)Nc3ccccc3)CC12. The van der Waals surface area contributed by atoms with Gasteiger partial charge in [-0.15, -0.1) is 0 Å². The van der Waals surface area contributed by atoms with Gasteiger partial charge >= 0.3 is 0 Å². The number of amides is 1. The number of hydrogen-bond donors (Lipinski definition) is 2. The maximum absolute atomic E-state index is 12.1. The third kappa shape index (κ3) is 3.02. The van der Waals surface area contributed by atoms with Gasteiger partial charge in [0.1, 0.15) is 0 Å². The number of likely N-dealkylation sites (tertiary alicyclic amines) is 1. The number of fused-ring (bicyclic) bond motifs is 1. The van der Waals surface area contributed by atoms with E-state index in [2.05, 4.69) is 10.2 Å². The summed E-state index contributed by atoms with van der Waals surface area (Å²) in [6.45, 7) is 2.49. The summed E-state index contributed by atoms with van der Waals surface area (Å²) < 4.78 is 0. The third-order valence-electron chi connectivity index (χ3n) is 4.65. The van der Waals surface area contributed by atoms with Crippen LogP contribution in [0.15, 0.2) is 30.3 Å². The van der Waals surface area contributed by atoms with Gasteiger partial charge in [0.2, 0.25) is 5.91 Å². The Labute approximate surface area is 120 Å². The Morgan fingerprint density at radius 2 is 2.05 bits per heavy atom. The molecule has 3 atom stereocenters. The van der Waals surface area contributed by atoms with Crippen LogP contribution < -0.4 is 11.1 Å². The Morgan fingerprint density at radius 1 is 1.25 bits per heavy atom. The van der Waals surface area contributed by atoms with E-state index in [1.165, 1.54) is 12.8 Å². The smallest absolute Gasteiger partial charge is 0.238 e. The van der Waals surface area contributed by atoms with Crippen LogP contribution in [0, 0.1) is 11.8 Å². The predicted molar refractivity (Wildman–Crippen MR) is 80.3 cm³/mol. The van der Waals surface area contributed by atoms with Crippen molar-refractivity contribution in [3.8, 4) is 0 Å². The molecule has 4 nitrogen and oxygen atoms in total. The zero-order chi connectivity index (χ0) is 13.9. The highest BCUT2D eigenvalue weighted by Crippen LogP contribution is 2.35. The number of rotatable bonds is 3. The van der Waals surface area contributed by atoms with E-state index < -0.39 is 0 Å². The van der Waals surface area contributed by atoms with Crippen LogP contribution >= 0.6 is 0 Å². The summed E-state index contributed by atoms with van der Waals surface area (Å²) in [6.07, 6.45) is 3.66. The van der Waals surface area contributed by atoms with Crippen molar-refractivity contribution in [3.63, 3.8) is 0 Å². The molecule has 1 saturated heterocycles. The molecule has 1 aliphatic heterocycles. The lowest BCUT2D eigenvalue weighted by Crippen LogP contribution is -2.38. The summed E-state index contributed by atoms with van der Waals surface area (Å²) in [6, 6.07) is 9.96. The topological polar surface area (TPSA) is 58.4 Å². The fourth-order valence-corrected chi connectivity index (χ4v) is 3.66. The highest BCUT2D eigenvalue weighted by molar-refractivity contribution is 5.92. The Morgan fingerprint density at radius 3 is 2.80 bits per heavy atom. The van der Waals surface area contributed by atoms with Crippen LogP contribution in [0.1, 0.15) is 19.3 Å². The summed E-state index contributed by atoms with van der Waals surface area (Å²) in [5.41, 5.74) is 7.08. The van der Waals surface area contributed by atoms with E-state index in [1.54, 1.807) is 0 Å². The van der Waals surface area contributed by atoms with Crippen LogP contribution in [0.4, 0.5) is 5.69 Å². The van der Waals surface area contributed by atoms with Gasteiger partial charge < -0.3 is 11.1 Å². The number of nitrogens with zero attached hydrogens (tertiary/aromatic N) is 1. The van der Waals surface area contributed by atoms with Crippen molar-refractivity contribution in [1.82, 2.24) is 4.90 Å². The zero-order valence-corrected chi connectivity index (χ0v) is 11.8.